The van der Waals surface area contributed by atoms with Crippen molar-refractivity contribution in [3.05, 3.63) is 57.7 Å². The minimum Gasteiger partial charge on any atom is -0.475 e. The first-order chi connectivity index (χ1) is 10.6. The number of hydrogen-bond acceptors (Lipinski definition) is 3. The number of ether oxygens (including phenoxy) is 1. The predicted octanol–water partition coefficient (Wildman–Crippen LogP) is 3.74. The van der Waals surface area contributed by atoms with Crippen molar-refractivity contribution in [2.45, 2.75) is 18.9 Å². The van der Waals surface area contributed by atoms with Gasteiger partial charge < -0.3 is 10.1 Å². The minimum atomic E-state index is -0.384. The van der Waals surface area contributed by atoms with E-state index in [0.717, 1.165) is 11.1 Å². The Morgan fingerprint density at radius 2 is 2.23 bits per heavy atom. The van der Waals surface area contributed by atoms with Crippen LogP contribution in [0.15, 0.2) is 36.5 Å². The van der Waals surface area contributed by atoms with Crippen LogP contribution in [0.25, 0.3) is 0 Å². The van der Waals surface area contributed by atoms with Crippen LogP contribution in [0.4, 0.5) is 0 Å². The average molecular weight is 337 g/mol. The molecule has 1 aromatic carbocycles. The van der Waals surface area contributed by atoms with Gasteiger partial charge in [-0.25, -0.2) is 4.98 Å². The number of nitrogens with one attached hydrogen (secondary N) is 1. The highest BCUT2D eigenvalue weighted by molar-refractivity contribution is 6.35. The zero-order valence-corrected chi connectivity index (χ0v) is 13.4. The van der Waals surface area contributed by atoms with Gasteiger partial charge in [0.2, 0.25) is 11.8 Å². The molecule has 1 aliphatic heterocycles. The van der Waals surface area contributed by atoms with Crippen molar-refractivity contribution in [1.29, 1.82) is 0 Å². The Hall–Kier alpha value is -1.78. The number of halogens is 2. The van der Waals surface area contributed by atoms with Gasteiger partial charge in [-0.2, -0.15) is 0 Å². The maximum absolute atomic E-state index is 12.5. The SMILES string of the molecule is C[C@H](C(=O)N[C@@H]1COc2ncccc21)c1ccc(Cl)cc1Cl. The molecule has 0 radical (unpaired) electrons. The topological polar surface area (TPSA) is 51.2 Å². The maximum Gasteiger partial charge on any atom is 0.227 e. The van der Waals surface area contributed by atoms with Crippen LogP contribution in [0.5, 0.6) is 5.88 Å². The molecular formula is C16H14Cl2N2O2. The van der Waals surface area contributed by atoms with Crippen LogP contribution in [0, 0.1) is 0 Å². The number of amides is 1. The van der Waals surface area contributed by atoms with Gasteiger partial charge in [-0.3, -0.25) is 4.79 Å². The number of aromatic nitrogens is 1. The molecular weight excluding hydrogens is 323 g/mol. The lowest BCUT2D eigenvalue weighted by atomic mass is 9.99. The second-order valence-electron chi connectivity index (χ2n) is 5.16. The Morgan fingerprint density at radius 3 is 3.00 bits per heavy atom. The average Bonchev–Trinajstić information content (AvgIpc) is 2.90. The van der Waals surface area contributed by atoms with Crippen molar-refractivity contribution in [2.24, 2.45) is 0 Å². The van der Waals surface area contributed by atoms with Crippen LogP contribution >= 0.6 is 23.2 Å². The smallest absolute Gasteiger partial charge is 0.227 e. The molecule has 4 nitrogen and oxygen atoms in total. The molecule has 22 heavy (non-hydrogen) atoms. The van der Waals surface area contributed by atoms with Crippen LogP contribution < -0.4 is 10.1 Å². The van der Waals surface area contributed by atoms with E-state index >= 15 is 0 Å². The molecule has 0 spiro atoms. The summed E-state index contributed by atoms with van der Waals surface area (Å²) in [5.41, 5.74) is 1.64. The van der Waals surface area contributed by atoms with Crippen molar-refractivity contribution in [2.75, 3.05) is 6.61 Å². The number of hydrogen-bond donors (Lipinski definition) is 1. The van der Waals surface area contributed by atoms with Gasteiger partial charge in [-0.1, -0.05) is 29.3 Å². The van der Waals surface area contributed by atoms with Crippen LogP contribution in [-0.4, -0.2) is 17.5 Å². The van der Waals surface area contributed by atoms with E-state index in [9.17, 15) is 4.79 Å². The summed E-state index contributed by atoms with van der Waals surface area (Å²) in [5, 5.41) is 4.01. The standard InChI is InChI=1S/C16H14Cl2N2O2/c1-9(11-5-4-10(17)7-13(11)18)15(21)20-14-8-22-16-12(14)3-2-6-19-16/h2-7,9,14H,8H2,1H3,(H,20,21)/t9-,14+/m0/s1. The van der Waals surface area contributed by atoms with Crippen molar-refractivity contribution < 1.29 is 9.53 Å². The van der Waals surface area contributed by atoms with E-state index in [1.165, 1.54) is 0 Å². The van der Waals surface area contributed by atoms with Gasteiger partial charge >= 0.3 is 0 Å². The normalized spacial score (nSPS) is 17.5. The summed E-state index contributed by atoms with van der Waals surface area (Å²) in [7, 11) is 0. The van der Waals surface area contributed by atoms with E-state index in [4.69, 9.17) is 27.9 Å². The van der Waals surface area contributed by atoms with E-state index < -0.39 is 0 Å². The van der Waals surface area contributed by atoms with Gasteiger partial charge in [0.25, 0.3) is 0 Å². The summed E-state index contributed by atoms with van der Waals surface area (Å²) in [6.07, 6.45) is 1.67. The first-order valence-electron chi connectivity index (χ1n) is 6.89. The third kappa shape index (κ3) is 2.89. The number of carbonyl (C=O) groups is 1. The third-order valence-electron chi connectivity index (χ3n) is 3.70. The highest BCUT2D eigenvalue weighted by atomic mass is 35.5. The minimum absolute atomic E-state index is 0.116. The molecule has 1 aromatic heterocycles. The Balaban J connectivity index is 1.75. The Morgan fingerprint density at radius 1 is 1.41 bits per heavy atom. The number of rotatable bonds is 3. The Bertz CT molecular complexity index is 721. The van der Waals surface area contributed by atoms with Gasteiger partial charge in [0.15, 0.2) is 0 Å². The Kier molecular flexibility index (Phi) is 4.23. The van der Waals surface area contributed by atoms with Crippen molar-refractivity contribution in [3.8, 4) is 5.88 Å². The molecule has 1 N–H and O–H groups in total. The van der Waals surface area contributed by atoms with E-state index in [-0.39, 0.29) is 17.9 Å². The third-order valence-corrected chi connectivity index (χ3v) is 4.26. The van der Waals surface area contributed by atoms with E-state index in [1.54, 1.807) is 24.4 Å². The fourth-order valence-electron chi connectivity index (χ4n) is 2.45. The monoisotopic (exact) mass is 336 g/mol. The number of nitrogens with zero attached hydrogens (tertiary/aromatic N) is 1. The molecule has 3 rings (SSSR count). The lowest BCUT2D eigenvalue weighted by molar-refractivity contribution is -0.123. The first-order valence-corrected chi connectivity index (χ1v) is 7.65. The molecule has 2 heterocycles. The summed E-state index contributed by atoms with van der Waals surface area (Å²) < 4.78 is 5.47. The number of fused-ring (bicyclic) bond motifs is 1. The lowest BCUT2D eigenvalue weighted by Gasteiger charge is -2.17. The summed E-state index contributed by atoms with van der Waals surface area (Å²) in [6.45, 7) is 2.20. The summed E-state index contributed by atoms with van der Waals surface area (Å²) >= 11 is 12.1. The van der Waals surface area contributed by atoms with Crippen molar-refractivity contribution in [3.63, 3.8) is 0 Å². The zero-order valence-electron chi connectivity index (χ0n) is 11.8. The van der Waals surface area contributed by atoms with Crippen LogP contribution in [0.3, 0.4) is 0 Å². The molecule has 0 saturated carbocycles. The second-order valence-corrected chi connectivity index (χ2v) is 6.00. The lowest BCUT2D eigenvalue weighted by Crippen LogP contribution is -2.32. The molecule has 114 valence electrons. The number of benzene rings is 1. The molecule has 0 fully saturated rings. The van der Waals surface area contributed by atoms with E-state index in [0.29, 0.717) is 22.5 Å². The molecule has 1 amide bonds. The van der Waals surface area contributed by atoms with Crippen molar-refractivity contribution in [1.82, 2.24) is 10.3 Å². The van der Waals surface area contributed by atoms with Crippen LogP contribution in [-0.2, 0) is 4.79 Å². The van der Waals surface area contributed by atoms with Crippen LogP contribution in [0.1, 0.15) is 30.0 Å². The molecule has 6 heteroatoms. The van der Waals surface area contributed by atoms with Gasteiger partial charge in [-0.15, -0.1) is 0 Å². The molecule has 0 bridgehead atoms. The van der Waals surface area contributed by atoms with Crippen molar-refractivity contribution >= 4 is 29.1 Å². The highest BCUT2D eigenvalue weighted by Gasteiger charge is 2.28. The van der Waals surface area contributed by atoms with Gasteiger partial charge in [-0.05, 0) is 36.8 Å². The van der Waals surface area contributed by atoms with Gasteiger partial charge in [0.05, 0.1) is 12.0 Å². The second kappa shape index (κ2) is 6.15. The summed E-state index contributed by atoms with van der Waals surface area (Å²) in [6, 6.07) is 8.68. The predicted molar refractivity (Wildman–Crippen MR) is 85.5 cm³/mol. The summed E-state index contributed by atoms with van der Waals surface area (Å²) in [4.78, 5) is 16.6. The quantitative estimate of drug-likeness (QED) is 0.928. The largest absolute Gasteiger partial charge is 0.475 e. The number of pyridine rings is 1. The van der Waals surface area contributed by atoms with E-state index in [2.05, 4.69) is 10.3 Å². The highest BCUT2D eigenvalue weighted by Crippen LogP contribution is 2.31. The zero-order chi connectivity index (χ0) is 15.7. The number of carbonyl (C=O) groups excluding carboxylic acids is 1. The molecule has 0 unspecified atom stereocenters. The molecule has 0 saturated heterocycles. The fraction of sp³-hybridized carbons (Fsp3) is 0.250. The first kappa shape index (κ1) is 15.1. The maximum atomic E-state index is 12.5. The Labute approximate surface area is 138 Å². The van der Waals surface area contributed by atoms with Gasteiger partial charge in [0.1, 0.15) is 6.61 Å². The fourth-order valence-corrected chi connectivity index (χ4v) is 3.02. The van der Waals surface area contributed by atoms with Crippen LogP contribution in [0.2, 0.25) is 10.0 Å². The summed E-state index contributed by atoms with van der Waals surface area (Å²) in [5.74, 6) is 0.0741. The molecule has 2 aromatic rings. The molecule has 0 aliphatic carbocycles. The van der Waals surface area contributed by atoms with Gasteiger partial charge in [0, 0.05) is 21.8 Å². The van der Waals surface area contributed by atoms with E-state index in [1.807, 2.05) is 19.1 Å². The molecule has 2 atom stereocenters. The molecule has 1 aliphatic rings.